The molecule has 0 aromatic rings. The molecule has 0 aliphatic carbocycles. The fourth-order valence-electron chi connectivity index (χ4n) is 0.767. The number of unbranched alkanes of at least 4 members (excludes halogenated alkanes) is 2. The van der Waals surface area contributed by atoms with E-state index in [0.717, 1.165) is 19.3 Å². The van der Waals surface area contributed by atoms with Crippen molar-refractivity contribution in [1.82, 2.24) is 0 Å². The van der Waals surface area contributed by atoms with E-state index in [1.807, 2.05) is 0 Å². The zero-order chi connectivity index (χ0) is 8.04. The molecule has 0 saturated heterocycles. The Balaban J connectivity index is 3.38. The third kappa shape index (κ3) is 5.01. The highest BCUT2D eigenvalue weighted by molar-refractivity contribution is 7.57. The van der Waals surface area contributed by atoms with Crippen LogP contribution in [0.4, 0.5) is 0 Å². The quantitative estimate of drug-likeness (QED) is 0.500. The maximum absolute atomic E-state index is 11.0. The topological polar surface area (TPSA) is 37.3 Å². The first kappa shape index (κ1) is 10.2. The van der Waals surface area contributed by atoms with Gasteiger partial charge < -0.3 is 4.89 Å². The van der Waals surface area contributed by atoms with Gasteiger partial charge in [-0.25, -0.2) is 0 Å². The molecule has 0 aliphatic heterocycles. The molecule has 1 atom stereocenters. The molecule has 10 heavy (non-hydrogen) atoms. The summed E-state index contributed by atoms with van der Waals surface area (Å²) < 4.78 is 11.0. The zero-order valence-electron chi connectivity index (χ0n) is 6.84. The maximum Gasteiger partial charge on any atom is 0.200 e. The normalized spacial score (nSPS) is 16.7. The van der Waals surface area contributed by atoms with Crippen LogP contribution >= 0.6 is 7.37 Å². The second kappa shape index (κ2) is 4.92. The van der Waals surface area contributed by atoms with Crippen LogP contribution in [-0.2, 0) is 4.57 Å². The Kier molecular flexibility index (Phi) is 5.02. The second-order valence-electron chi connectivity index (χ2n) is 2.59. The number of hydrogen-bond acceptors (Lipinski definition) is 1. The predicted octanol–water partition coefficient (Wildman–Crippen LogP) is 2.47. The molecule has 0 rings (SSSR count). The molecule has 0 radical (unpaired) electrons. The Hall–Kier alpha value is 0.190. The number of rotatable bonds is 5. The van der Waals surface area contributed by atoms with Gasteiger partial charge in [0.2, 0.25) is 0 Å². The van der Waals surface area contributed by atoms with E-state index in [4.69, 9.17) is 4.89 Å². The van der Waals surface area contributed by atoms with Crippen LogP contribution in [0.3, 0.4) is 0 Å². The molecule has 0 saturated carbocycles. The SMILES string of the molecule is CCCCCP(=O)(O)CC. The van der Waals surface area contributed by atoms with E-state index in [-0.39, 0.29) is 0 Å². The van der Waals surface area contributed by atoms with Crippen LogP contribution in [0.2, 0.25) is 0 Å². The van der Waals surface area contributed by atoms with Crippen molar-refractivity contribution in [3.05, 3.63) is 0 Å². The minimum atomic E-state index is -2.70. The smallest absolute Gasteiger partial charge is 0.200 e. The van der Waals surface area contributed by atoms with Crippen molar-refractivity contribution < 1.29 is 9.46 Å². The second-order valence-corrected chi connectivity index (χ2v) is 5.37. The van der Waals surface area contributed by atoms with Gasteiger partial charge in [-0.15, -0.1) is 0 Å². The fourth-order valence-corrected chi connectivity index (χ4v) is 1.80. The van der Waals surface area contributed by atoms with Crippen molar-refractivity contribution in [3.8, 4) is 0 Å². The standard InChI is InChI=1S/C7H17O2P/c1-3-5-6-7-10(8,9)4-2/h3-7H2,1-2H3,(H,8,9). The van der Waals surface area contributed by atoms with Gasteiger partial charge in [-0.1, -0.05) is 26.7 Å². The van der Waals surface area contributed by atoms with Gasteiger partial charge in [0, 0.05) is 12.3 Å². The lowest BCUT2D eigenvalue weighted by Crippen LogP contribution is -1.90. The molecule has 2 nitrogen and oxygen atoms in total. The minimum Gasteiger partial charge on any atom is -0.344 e. The Bertz CT molecular complexity index is 123. The van der Waals surface area contributed by atoms with Gasteiger partial charge in [-0.2, -0.15) is 0 Å². The summed E-state index contributed by atoms with van der Waals surface area (Å²) in [6.45, 7) is 3.86. The lowest BCUT2D eigenvalue weighted by Gasteiger charge is -2.06. The molecule has 62 valence electrons. The van der Waals surface area contributed by atoms with Crippen molar-refractivity contribution in [2.45, 2.75) is 33.1 Å². The average Bonchev–Trinajstić information content (AvgIpc) is 1.89. The van der Waals surface area contributed by atoms with Crippen LogP contribution in [-0.4, -0.2) is 17.2 Å². The van der Waals surface area contributed by atoms with Crippen LogP contribution < -0.4 is 0 Å². The van der Waals surface area contributed by atoms with Crippen molar-refractivity contribution in [1.29, 1.82) is 0 Å². The molecule has 0 spiro atoms. The van der Waals surface area contributed by atoms with E-state index in [0.29, 0.717) is 12.3 Å². The molecule has 1 unspecified atom stereocenters. The van der Waals surface area contributed by atoms with Gasteiger partial charge in [0.05, 0.1) is 0 Å². The summed E-state index contributed by atoms with van der Waals surface area (Å²) in [7, 11) is -2.70. The largest absolute Gasteiger partial charge is 0.344 e. The highest BCUT2D eigenvalue weighted by Gasteiger charge is 2.12. The first-order valence-electron chi connectivity index (χ1n) is 3.93. The maximum atomic E-state index is 11.0. The summed E-state index contributed by atoms with van der Waals surface area (Å²) in [6.07, 6.45) is 4.03. The molecule has 0 aromatic heterocycles. The third-order valence-electron chi connectivity index (χ3n) is 1.61. The van der Waals surface area contributed by atoms with Gasteiger partial charge >= 0.3 is 0 Å². The van der Waals surface area contributed by atoms with Gasteiger partial charge in [0.25, 0.3) is 0 Å². The van der Waals surface area contributed by atoms with Crippen molar-refractivity contribution in [3.63, 3.8) is 0 Å². The van der Waals surface area contributed by atoms with Crippen LogP contribution in [0.5, 0.6) is 0 Å². The Morgan fingerprint density at radius 3 is 2.30 bits per heavy atom. The van der Waals surface area contributed by atoms with Crippen LogP contribution in [0.15, 0.2) is 0 Å². The predicted molar refractivity (Wildman–Crippen MR) is 44.8 cm³/mol. The van der Waals surface area contributed by atoms with E-state index in [1.54, 1.807) is 6.92 Å². The molecule has 0 fully saturated rings. The Morgan fingerprint density at radius 1 is 1.30 bits per heavy atom. The first-order chi connectivity index (χ1) is 4.62. The van der Waals surface area contributed by atoms with E-state index >= 15 is 0 Å². The molecule has 3 heteroatoms. The molecule has 0 bridgehead atoms. The van der Waals surface area contributed by atoms with E-state index in [1.165, 1.54) is 0 Å². The lowest BCUT2D eigenvalue weighted by atomic mass is 10.3. The lowest BCUT2D eigenvalue weighted by molar-refractivity contribution is 0.476. The third-order valence-corrected chi connectivity index (χ3v) is 3.61. The highest BCUT2D eigenvalue weighted by atomic mass is 31.2. The number of hydrogen-bond donors (Lipinski definition) is 1. The summed E-state index contributed by atoms with van der Waals surface area (Å²) >= 11 is 0. The van der Waals surface area contributed by atoms with Crippen molar-refractivity contribution >= 4 is 7.37 Å². The summed E-state index contributed by atoms with van der Waals surface area (Å²) in [6, 6.07) is 0. The summed E-state index contributed by atoms with van der Waals surface area (Å²) in [5.41, 5.74) is 0. The van der Waals surface area contributed by atoms with Crippen molar-refractivity contribution in [2.24, 2.45) is 0 Å². The van der Waals surface area contributed by atoms with Crippen LogP contribution in [0, 0.1) is 0 Å². The molecule has 0 heterocycles. The monoisotopic (exact) mass is 164 g/mol. The zero-order valence-corrected chi connectivity index (χ0v) is 7.73. The highest BCUT2D eigenvalue weighted by Crippen LogP contribution is 2.40. The Labute approximate surface area is 63.1 Å². The molecule has 1 N–H and O–H groups in total. The van der Waals surface area contributed by atoms with Gasteiger partial charge in [0.1, 0.15) is 0 Å². The van der Waals surface area contributed by atoms with Gasteiger partial charge in [-0.3, -0.25) is 4.57 Å². The molecule has 0 aromatic carbocycles. The molecular weight excluding hydrogens is 147 g/mol. The summed E-state index contributed by atoms with van der Waals surface area (Å²) in [5.74, 6) is 0. The summed E-state index contributed by atoms with van der Waals surface area (Å²) in [4.78, 5) is 9.11. The van der Waals surface area contributed by atoms with Crippen molar-refractivity contribution in [2.75, 3.05) is 12.3 Å². The van der Waals surface area contributed by atoms with Gasteiger partial charge in [0.15, 0.2) is 7.37 Å². The first-order valence-corrected chi connectivity index (χ1v) is 5.96. The van der Waals surface area contributed by atoms with E-state index < -0.39 is 7.37 Å². The molecular formula is C7H17O2P. The van der Waals surface area contributed by atoms with Crippen LogP contribution in [0.1, 0.15) is 33.1 Å². The average molecular weight is 164 g/mol. The van der Waals surface area contributed by atoms with E-state index in [2.05, 4.69) is 6.92 Å². The minimum absolute atomic E-state index is 0.427. The summed E-state index contributed by atoms with van der Waals surface area (Å²) in [5, 5.41) is 0. The fraction of sp³-hybridized carbons (Fsp3) is 1.00. The van der Waals surface area contributed by atoms with E-state index in [9.17, 15) is 4.57 Å². The Morgan fingerprint density at radius 2 is 1.90 bits per heavy atom. The molecule has 0 aliphatic rings. The molecule has 0 amide bonds. The van der Waals surface area contributed by atoms with Crippen LogP contribution in [0.25, 0.3) is 0 Å². The van der Waals surface area contributed by atoms with Gasteiger partial charge in [-0.05, 0) is 6.42 Å².